The number of amides is 5. The molecule has 13 nitrogen and oxygen atoms in total. The third kappa shape index (κ3) is 12.4. The monoisotopic (exact) mass is 684 g/mol. The minimum atomic E-state index is -1.12. The number of nitrogens with zero attached hydrogens (tertiary/aromatic N) is 2. The molecule has 3 aromatic rings. The first-order valence-corrected chi connectivity index (χ1v) is 17.0. The van der Waals surface area contributed by atoms with Crippen molar-refractivity contribution in [3.63, 3.8) is 0 Å². The SMILES string of the molecule is CCOC(OCC)[C@H](C)N(Cc1csc2ccccc12)C(=O)[C@H](CCCCNC(=O)O)NC(=O)CN(C)NC(=O)NCc1ccccc1. The average Bonchev–Trinajstić information content (AvgIpc) is 3.47. The molecular weight excluding hydrogens is 636 g/mol. The first-order valence-electron chi connectivity index (χ1n) is 16.2. The Morgan fingerprint density at radius 1 is 0.938 bits per heavy atom. The van der Waals surface area contributed by atoms with E-state index in [4.69, 9.17) is 14.6 Å². The summed E-state index contributed by atoms with van der Waals surface area (Å²) in [6.45, 7) is 6.93. The van der Waals surface area contributed by atoms with Gasteiger partial charge in [-0.2, -0.15) is 0 Å². The molecule has 0 radical (unpaired) electrons. The predicted octanol–water partition coefficient (Wildman–Crippen LogP) is 4.29. The number of carbonyl (C=O) groups excluding carboxylic acids is 3. The van der Waals surface area contributed by atoms with E-state index < -0.39 is 36.4 Å². The Labute approximate surface area is 285 Å². The number of unbranched alkanes of at least 4 members (excludes halogenated alkanes) is 1. The van der Waals surface area contributed by atoms with Gasteiger partial charge in [0.1, 0.15) is 6.04 Å². The first kappa shape index (κ1) is 38.2. The van der Waals surface area contributed by atoms with Crippen LogP contribution in [0.3, 0.4) is 0 Å². The summed E-state index contributed by atoms with van der Waals surface area (Å²) < 4.78 is 12.9. The molecule has 262 valence electrons. The van der Waals surface area contributed by atoms with Gasteiger partial charge in [-0.3, -0.25) is 15.0 Å². The van der Waals surface area contributed by atoms with E-state index in [0.29, 0.717) is 32.6 Å². The maximum absolute atomic E-state index is 14.5. The van der Waals surface area contributed by atoms with Crippen molar-refractivity contribution in [2.24, 2.45) is 0 Å². The molecule has 0 spiro atoms. The Hall–Kier alpha value is -4.24. The zero-order chi connectivity index (χ0) is 34.9. The van der Waals surface area contributed by atoms with Gasteiger partial charge in [0.15, 0.2) is 6.29 Å². The number of rotatable bonds is 20. The molecule has 14 heteroatoms. The van der Waals surface area contributed by atoms with E-state index in [-0.39, 0.29) is 32.0 Å². The number of likely N-dealkylation sites (N-methyl/N-ethyl adjacent to an activating group) is 1. The Bertz CT molecular complexity index is 1450. The topological polar surface area (TPSA) is 162 Å². The smallest absolute Gasteiger partial charge is 0.404 e. The molecule has 5 amide bonds. The molecule has 0 saturated heterocycles. The van der Waals surface area contributed by atoms with Gasteiger partial charge in [0.05, 0.1) is 12.6 Å². The zero-order valence-corrected chi connectivity index (χ0v) is 28.9. The number of thiophene rings is 1. The van der Waals surface area contributed by atoms with Crippen molar-refractivity contribution in [3.8, 4) is 0 Å². The number of hydrogen-bond acceptors (Lipinski definition) is 8. The van der Waals surface area contributed by atoms with E-state index in [9.17, 15) is 19.2 Å². The van der Waals surface area contributed by atoms with Crippen LogP contribution in [-0.4, -0.2) is 90.7 Å². The predicted molar refractivity (Wildman–Crippen MR) is 185 cm³/mol. The number of benzene rings is 2. The van der Waals surface area contributed by atoms with Crippen LogP contribution in [0.2, 0.25) is 0 Å². The number of nitrogens with one attached hydrogen (secondary N) is 4. The summed E-state index contributed by atoms with van der Waals surface area (Å²) in [5.74, 6) is -0.791. The van der Waals surface area contributed by atoms with E-state index in [1.807, 2.05) is 80.7 Å². The summed E-state index contributed by atoms with van der Waals surface area (Å²) in [5.41, 5.74) is 4.51. The van der Waals surface area contributed by atoms with Gasteiger partial charge in [0.25, 0.3) is 0 Å². The molecular formula is C34H48N6O7S. The highest BCUT2D eigenvalue weighted by Crippen LogP contribution is 2.28. The van der Waals surface area contributed by atoms with Gasteiger partial charge in [-0.05, 0) is 68.0 Å². The lowest BCUT2D eigenvalue weighted by atomic mass is 10.0. The second-order valence-electron chi connectivity index (χ2n) is 11.2. The Morgan fingerprint density at radius 2 is 1.62 bits per heavy atom. The molecule has 2 atom stereocenters. The summed E-state index contributed by atoms with van der Waals surface area (Å²) in [5, 5.41) is 21.3. The second-order valence-corrected chi connectivity index (χ2v) is 12.1. The van der Waals surface area contributed by atoms with Crippen LogP contribution in [0.15, 0.2) is 60.0 Å². The number of fused-ring (bicyclic) bond motifs is 1. The van der Waals surface area contributed by atoms with Crippen molar-refractivity contribution < 1.29 is 33.8 Å². The molecule has 0 unspecified atom stereocenters. The zero-order valence-electron chi connectivity index (χ0n) is 28.1. The molecule has 1 heterocycles. The molecule has 3 rings (SSSR count). The van der Waals surface area contributed by atoms with Gasteiger partial charge < -0.3 is 35.4 Å². The van der Waals surface area contributed by atoms with Crippen LogP contribution in [0.5, 0.6) is 0 Å². The van der Waals surface area contributed by atoms with Gasteiger partial charge in [-0.25, -0.2) is 14.6 Å². The lowest BCUT2D eigenvalue weighted by Crippen LogP contribution is -2.56. The van der Waals surface area contributed by atoms with Gasteiger partial charge in [-0.15, -0.1) is 11.3 Å². The summed E-state index contributed by atoms with van der Waals surface area (Å²) in [7, 11) is 1.56. The highest BCUT2D eigenvalue weighted by molar-refractivity contribution is 7.17. The third-order valence-electron chi connectivity index (χ3n) is 7.53. The second kappa shape index (κ2) is 20.2. The fourth-order valence-electron chi connectivity index (χ4n) is 5.18. The Kier molecular flexibility index (Phi) is 16.1. The van der Waals surface area contributed by atoms with E-state index in [2.05, 4.69) is 21.4 Å². The standard InChI is InChI=1S/C34H48N6O7S/c1-5-46-32(47-6-2)24(3)40(21-26-23-48-29-18-11-10-16-27(26)29)31(42)28(17-12-13-19-35-34(44)45)37-30(41)22-39(4)38-33(43)36-20-25-14-8-7-9-15-25/h7-11,14-16,18,23-24,28,32,35H,5-6,12-13,17,19-22H2,1-4H3,(H,37,41)(H,44,45)(H2,36,38,43)/t24-,28-/m0/s1. The highest BCUT2D eigenvalue weighted by Gasteiger charge is 2.34. The van der Waals surface area contributed by atoms with Crippen LogP contribution in [0.4, 0.5) is 9.59 Å². The number of ether oxygens (including phenoxy) is 2. The number of hydrogen-bond donors (Lipinski definition) is 5. The van der Waals surface area contributed by atoms with Crippen LogP contribution in [0.25, 0.3) is 10.1 Å². The third-order valence-corrected chi connectivity index (χ3v) is 8.54. The first-order chi connectivity index (χ1) is 23.1. The van der Waals surface area contributed by atoms with Crippen molar-refractivity contribution in [1.82, 2.24) is 31.3 Å². The van der Waals surface area contributed by atoms with Crippen LogP contribution in [0, 0.1) is 0 Å². The van der Waals surface area contributed by atoms with E-state index in [1.165, 1.54) is 5.01 Å². The maximum Gasteiger partial charge on any atom is 0.404 e. The fraction of sp³-hybridized carbons (Fsp3) is 0.471. The molecule has 5 N–H and O–H groups in total. The van der Waals surface area contributed by atoms with Gasteiger partial charge in [0, 0.05) is 44.6 Å². The van der Waals surface area contributed by atoms with E-state index >= 15 is 0 Å². The molecule has 1 aromatic heterocycles. The lowest BCUT2D eigenvalue weighted by molar-refractivity contribution is -0.179. The van der Waals surface area contributed by atoms with Crippen molar-refractivity contribution in [2.45, 2.75) is 71.5 Å². The van der Waals surface area contributed by atoms with Crippen molar-refractivity contribution in [2.75, 3.05) is 33.4 Å². The number of carbonyl (C=O) groups is 4. The van der Waals surface area contributed by atoms with Crippen LogP contribution in [0.1, 0.15) is 51.2 Å². The Balaban J connectivity index is 1.77. The molecule has 0 fully saturated rings. The quantitative estimate of drug-likeness (QED) is 0.0670. The summed E-state index contributed by atoms with van der Waals surface area (Å²) in [4.78, 5) is 52.8. The summed E-state index contributed by atoms with van der Waals surface area (Å²) in [6, 6.07) is 15.5. The molecule has 0 saturated carbocycles. The van der Waals surface area contributed by atoms with Gasteiger partial charge >= 0.3 is 12.1 Å². The largest absolute Gasteiger partial charge is 0.465 e. The van der Waals surface area contributed by atoms with Gasteiger partial charge in [-0.1, -0.05) is 48.5 Å². The minimum Gasteiger partial charge on any atom is -0.465 e. The minimum absolute atomic E-state index is 0.214. The fourth-order valence-corrected chi connectivity index (χ4v) is 6.13. The number of urea groups is 1. The van der Waals surface area contributed by atoms with Gasteiger partial charge in [0.2, 0.25) is 11.8 Å². The molecule has 0 aliphatic heterocycles. The normalized spacial score (nSPS) is 12.5. The van der Waals surface area contributed by atoms with Crippen molar-refractivity contribution >= 4 is 45.4 Å². The molecule has 48 heavy (non-hydrogen) atoms. The molecule has 2 aromatic carbocycles. The molecule has 0 aliphatic rings. The number of carboxylic acid groups (broad SMARTS) is 1. The average molecular weight is 685 g/mol. The Morgan fingerprint density at radius 3 is 2.31 bits per heavy atom. The lowest BCUT2D eigenvalue weighted by Gasteiger charge is -2.36. The van der Waals surface area contributed by atoms with Crippen molar-refractivity contribution in [3.05, 3.63) is 71.1 Å². The molecule has 0 aliphatic carbocycles. The van der Waals surface area contributed by atoms with Crippen LogP contribution >= 0.6 is 11.3 Å². The maximum atomic E-state index is 14.5. The summed E-state index contributed by atoms with van der Waals surface area (Å²) in [6.07, 6.45) is -0.617. The van der Waals surface area contributed by atoms with E-state index in [0.717, 1.165) is 21.2 Å². The summed E-state index contributed by atoms with van der Waals surface area (Å²) >= 11 is 1.59. The van der Waals surface area contributed by atoms with E-state index in [1.54, 1.807) is 23.3 Å². The van der Waals surface area contributed by atoms with Crippen LogP contribution in [-0.2, 0) is 32.2 Å². The number of hydrazine groups is 1. The highest BCUT2D eigenvalue weighted by atomic mass is 32.1. The van der Waals surface area contributed by atoms with Crippen LogP contribution < -0.4 is 21.4 Å². The molecule has 0 bridgehead atoms. The van der Waals surface area contributed by atoms with Crippen molar-refractivity contribution in [1.29, 1.82) is 0 Å².